The van der Waals surface area contributed by atoms with Crippen LogP contribution in [0, 0.1) is 5.92 Å². The molecule has 168 valence electrons. The third kappa shape index (κ3) is 5.39. The summed E-state index contributed by atoms with van der Waals surface area (Å²) >= 11 is 0. The lowest BCUT2D eigenvalue weighted by molar-refractivity contribution is -0.118. The van der Waals surface area contributed by atoms with Gasteiger partial charge in [0.1, 0.15) is 11.5 Å². The molecule has 1 fully saturated rings. The molecule has 3 heteroatoms. The molecule has 1 aliphatic carbocycles. The quantitative estimate of drug-likeness (QED) is 0.454. The SMILES string of the molecule is CCC1C(CCC(=O)Cc2ccc(C3CCOCC3)cc2)=CC=C1c1ccc(OC)cc1. The molecule has 0 saturated carbocycles. The molecule has 0 spiro atoms. The smallest absolute Gasteiger partial charge is 0.137 e. The highest BCUT2D eigenvalue weighted by molar-refractivity contribution is 5.82. The molecule has 0 bridgehead atoms. The Hall–Kier alpha value is -2.65. The normalized spacial score (nSPS) is 18.9. The van der Waals surface area contributed by atoms with Crippen molar-refractivity contribution in [3.8, 4) is 5.75 Å². The second kappa shape index (κ2) is 10.8. The van der Waals surface area contributed by atoms with Gasteiger partial charge in [0.25, 0.3) is 0 Å². The summed E-state index contributed by atoms with van der Waals surface area (Å²) in [6.45, 7) is 3.94. The fourth-order valence-electron chi connectivity index (χ4n) is 4.99. The van der Waals surface area contributed by atoms with E-state index in [1.807, 2.05) is 12.1 Å². The highest BCUT2D eigenvalue weighted by atomic mass is 16.5. The van der Waals surface area contributed by atoms with E-state index in [0.717, 1.165) is 50.2 Å². The van der Waals surface area contributed by atoms with E-state index in [2.05, 4.69) is 55.5 Å². The number of Topliss-reactive ketones (excluding diaryl/α,β-unsaturated/α-hetero) is 1. The number of carbonyl (C=O) groups is 1. The van der Waals surface area contributed by atoms with Gasteiger partial charge in [0.05, 0.1) is 7.11 Å². The molecule has 1 unspecified atom stereocenters. The van der Waals surface area contributed by atoms with Crippen LogP contribution in [0.25, 0.3) is 5.57 Å². The van der Waals surface area contributed by atoms with Crippen molar-refractivity contribution >= 4 is 11.4 Å². The maximum atomic E-state index is 12.7. The molecule has 2 aromatic carbocycles. The molecule has 0 aromatic heterocycles. The van der Waals surface area contributed by atoms with E-state index in [1.54, 1.807) is 7.11 Å². The molecule has 1 atom stereocenters. The van der Waals surface area contributed by atoms with Crippen LogP contribution >= 0.6 is 0 Å². The van der Waals surface area contributed by atoms with Gasteiger partial charge in [-0.15, -0.1) is 0 Å². The Kier molecular flexibility index (Phi) is 7.59. The fourth-order valence-corrected chi connectivity index (χ4v) is 4.99. The lowest BCUT2D eigenvalue weighted by Crippen LogP contribution is -2.14. The molecule has 1 saturated heterocycles. The molecular formula is C29H34O3. The largest absolute Gasteiger partial charge is 0.497 e. The minimum Gasteiger partial charge on any atom is -0.497 e. The Balaban J connectivity index is 1.29. The lowest BCUT2D eigenvalue weighted by atomic mass is 9.86. The van der Waals surface area contributed by atoms with Crippen LogP contribution in [0.3, 0.4) is 0 Å². The summed E-state index contributed by atoms with van der Waals surface area (Å²) in [4.78, 5) is 12.7. The number of rotatable bonds is 9. The number of hydrogen-bond acceptors (Lipinski definition) is 3. The van der Waals surface area contributed by atoms with Crippen molar-refractivity contribution in [1.29, 1.82) is 0 Å². The summed E-state index contributed by atoms with van der Waals surface area (Å²) in [6.07, 6.45) is 9.66. The maximum absolute atomic E-state index is 12.7. The zero-order chi connectivity index (χ0) is 22.3. The molecule has 4 rings (SSSR count). The average molecular weight is 431 g/mol. The standard InChI is InChI=1S/C29H34O3/c1-3-28-24(11-15-29(28)25-9-13-27(31-2)14-10-25)8-12-26(30)20-21-4-6-22(7-5-21)23-16-18-32-19-17-23/h4-7,9-11,13-15,23,28H,3,8,12,16-20H2,1-2H3. The van der Waals surface area contributed by atoms with Crippen molar-refractivity contribution in [1.82, 2.24) is 0 Å². The molecule has 0 amide bonds. The molecule has 3 nitrogen and oxygen atoms in total. The van der Waals surface area contributed by atoms with Gasteiger partial charge in [0, 0.05) is 32.0 Å². The molecule has 2 aliphatic rings. The van der Waals surface area contributed by atoms with Gasteiger partial charge in [-0.25, -0.2) is 0 Å². The Morgan fingerprint density at radius 2 is 1.72 bits per heavy atom. The van der Waals surface area contributed by atoms with Crippen LogP contribution < -0.4 is 4.74 Å². The molecular weight excluding hydrogens is 396 g/mol. The highest BCUT2D eigenvalue weighted by Gasteiger charge is 2.23. The zero-order valence-corrected chi connectivity index (χ0v) is 19.3. The predicted molar refractivity (Wildman–Crippen MR) is 130 cm³/mol. The van der Waals surface area contributed by atoms with Crippen LogP contribution in [-0.2, 0) is 16.0 Å². The van der Waals surface area contributed by atoms with Crippen molar-refractivity contribution in [3.05, 3.63) is 82.9 Å². The minimum absolute atomic E-state index is 0.317. The van der Waals surface area contributed by atoms with Gasteiger partial charge >= 0.3 is 0 Å². The maximum Gasteiger partial charge on any atom is 0.137 e. The van der Waals surface area contributed by atoms with Crippen LogP contribution in [0.4, 0.5) is 0 Å². The first kappa shape index (κ1) is 22.5. The van der Waals surface area contributed by atoms with Gasteiger partial charge in [-0.3, -0.25) is 4.79 Å². The number of ether oxygens (including phenoxy) is 2. The molecule has 32 heavy (non-hydrogen) atoms. The van der Waals surface area contributed by atoms with Gasteiger partial charge < -0.3 is 9.47 Å². The number of methoxy groups -OCH3 is 1. The average Bonchev–Trinajstić information content (AvgIpc) is 3.27. The second-order valence-electron chi connectivity index (χ2n) is 8.90. The van der Waals surface area contributed by atoms with E-state index in [9.17, 15) is 4.79 Å². The summed E-state index contributed by atoms with van der Waals surface area (Å²) in [7, 11) is 1.69. The van der Waals surface area contributed by atoms with Crippen molar-refractivity contribution in [3.63, 3.8) is 0 Å². The first-order valence-electron chi connectivity index (χ1n) is 11.9. The van der Waals surface area contributed by atoms with Gasteiger partial charge in [-0.2, -0.15) is 0 Å². The number of allylic oxidation sites excluding steroid dienone is 4. The first-order chi connectivity index (χ1) is 15.7. The highest BCUT2D eigenvalue weighted by Crippen LogP contribution is 2.39. The van der Waals surface area contributed by atoms with E-state index in [4.69, 9.17) is 9.47 Å². The first-order valence-corrected chi connectivity index (χ1v) is 11.9. The van der Waals surface area contributed by atoms with Crippen molar-refractivity contribution in [2.75, 3.05) is 20.3 Å². The van der Waals surface area contributed by atoms with Crippen LogP contribution in [0.1, 0.15) is 61.6 Å². The third-order valence-electron chi connectivity index (χ3n) is 6.90. The van der Waals surface area contributed by atoms with E-state index in [1.165, 1.54) is 22.3 Å². The summed E-state index contributed by atoms with van der Waals surface area (Å²) < 4.78 is 10.7. The number of hydrogen-bond donors (Lipinski definition) is 0. The summed E-state index contributed by atoms with van der Waals surface area (Å²) in [6, 6.07) is 17.0. The summed E-state index contributed by atoms with van der Waals surface area (Å²) in [5.41, 5.74) is 6.46. The lowest BCUT2D eigenvalue weighted by Gasteiger charge is -2.22. The Morgan fingerprint density at radius 3 is 2.38 bits per heavy atom. The Morgan fingerprint density at radius 1 is 1.00 bits per heavy atom. The van der Waals surface area contributed by atoms with E-state index >= 15 is 0 Å². The number of ketones is 1. The molecule has 1 aliphatic heterocycles. The predicted octanol–water partition coefficient (Wildman–Crippen LogP) is 6.53. The fraction of sp³-hybridized carbons (Fsp3) is 0.414. The second-order valence-corrected chi connectivity index (χ2v) is 8.90. The van der Waals surface area contributed by atoms with Crippen molar-refractivity contribution < 1.29 is 14.3 Å². The van der Waals surface area contributed by atoms with Crippen LogP contribution in [0.2, 0.25) is 0 Å². The Labute approximate surface area is 192 Å². The number of benzene rings is 2. The van der Waals surface area contributed by atoms with E-state index in [-0.39, 0.29) is 0 Å². The van der Waals surface area contributed by atoms with Gasteiger partial charge in [-0.1, -0.05) is 61.0 Å². The van der Waals surface area contributed by atoms with Crippen LogP contribution in [-0.4, -0.2) is 26.1 Å². The molecule has 0 radical (unpaired) electrons. The topological polar surface area (TPSA) is 35.5 Å². The van der Waals surface area contributed by atoms with Crippen molar-refractivity contribution in [2.45, 2.75) is 51.4 Å². The molecule has 2 aromatic rings. The van der Waals surface area contributed by atoms with Crippen molar-refractivity contribution in [2.24, 2.45) is 5.92 Å². The molecule has 1 heterocycles. The monoisotopic (exact) mass is 430 g/mol. The summed E-state index contributed by atoms with van der Waals surface area (Å²) in [5, 5.41) is 0. The van der Waals surface area contributed by atoms with E-state index in [0.29, 0.717) is 30.5 Å². The summed E-state index contributed by atoms with van der Waals surface area (Å²) in [5.74, 6) is 2.19. The minimum atomic E-state index is 0.317. The third-order valence-corrected chi connectivity index (χ3v) is 6.90. The van der Waals surface area contributed by atoms with E-state index < -0.39 is 0 Å². The van der Waals surface area contributed by atoms with Gasteiger partial charge in [0.15, 0.2) is 0 Å². The van der Waals surface area contributed by atoms with Gasteiger partial charge in [-0.05, 0) is 66.0 Å². The van der Waals surface area contributed by atoms with Gasteiger partial charge in [0.2, 0.25) is 0 Å². The Bertz CT molecular complexity index is 960. The van der Waals surface area contributed by atoms with Crippen LogP contribution in [0.5, 0.6) is 5.75 Å². The van der Waals surface area contributed by atoms with Crippen LogP contribution in [0.15, 0.2) is 66.3 Å². The molecule has 0 N–H and O–H groups in total. The number of carbonyl (C=O) groups excluding carboxylic acids is 1. The zero-order valence-electron chi connectivity index (χ0n) is 19.3.